The zero-order chi connectivity index (χ0) is 34.1. The first-order valence-corrected chi connectivity index (χ1v) is 16.5. The number of rotatable bonds is 10. The van der Waals surface area contributed by atoms with Gasteiger partial charge in [0, 0.05) is 39.3 Å². The van der Waals surface area contributed by atoms with Crippen molar-refractivity contribution in [2.75, 3.05) is 20.3 Å². The Morgan fingerprint density at radius 1 is 1.26 bits per heavy atom. The van der Waals surface area contributed by atoms with Crippen molar-refractivity contribution < 1.29 is 43.5 Å². The maximum absolute atomic E-state index is 13.5. The number of nitrogens with zero attached hydrogens (tertiary/aromatic N) is 2. The van der Waals surface area contributed by atoms with Gasteiger partial charge >= 0.3 is 5.97 Å². The number of carbonyl (C=O) groups excluding carboxylic acids is 2. The number of aryl methyl sites for hydroxylation is 1. The van der Waals surface area contributed by atoms with Crippen LogP contribution in [-0.2, 0) is 40.3 Å². The summed E-state index contributed by atoms with van der Waals surface area (Å²) in [6.07, 6.45) is 12.3. The lowest BCUT2D eigenvalue weighted by Gasteiger charge is -2.41. The van der Waals surface area contributed by atoms with Gasteiger partial charge in [-0.3, -0.25) is 9.59 Å². The molecule has 1 aromatic rings. The number of ether oxygens (including phenoxy) is 5. The highest BCUT2D eigenvalue weighted by atomic mass is 16.7. The summed E-state index contributed by atoms with van der Waals surface area (Å²) >= 11 is 0. The van der Waals surface area contributed by atoms with Crippen LogP contribution in [0.25, 0.3) is 6.08 Å². The Bertz CT molecular complexity index is 1430. The average Bonchev–Trinajstić information content (AvgIpc) is 3.61. The molecule has 1 fully saturated rings. The minimum absolute atomic E-state index is 0.00864. The monoisotopic (exact) mass is 654 g/mol. The fourth-order valence-corrected chi connectivity index (χ4v) is 7.57. The smallest absolute Gasteiger partial charge is 0.303 e. The number of imidazole rings is 1. The van der Waals surface area contributed by atoms with Crippen LogP contribution in [0.4, 0.5) is 0 Å². The Hall–Kier alpha value is -2.93. The molecule has 0 amide bonds. The molecule has 0 unspecified atom stereocenters. The molecule has 4 heterocycles. The molecule has 1 aromatic heterocycles. The lowest BCUT2D eigenvalue weighted by Crippen LogP contribution is -2.55. The normalized spacial score (nSPS) is 37.1. The highest BCUT2D eigenvalue weighted by Crippen LogP contribution is 2.51. The van der Waals surface area contributed by atoms with Gasteiger partial charge in [-0.25, -0.2) is 4.98 Å². The van der Waals surface area contributed by atoms with Crippen LogP contribution in [0.1, 0.15) is 59.6 Å². The number of carbonyl (C=O) groups is 2. The second kappa shape index (κ2) is 14.3. The molecule has 1 saturated heterocycles. The number of esters is 1. The number of allylic oxidation sites excluding steroid dienone is 4. The van der Waals surface area contributed by atoms with E-state index in [0.717, 1.165) is 18.5 Å². The third-order valence-electron chi connectivity index (χ3n) is 10.4. The van der Waals surface area contributed by atoms with Gasteiger partial charge in [0.1, 0.15) is 12.2 Å². The first kappa shape index (κ1) is 35.4. The number of aromatic nitrogens is 2. The number of hydrogen-bond acceptors (Lipinski definition) is 10. The van der Waals surface area contributed by atoms with E-state index in [1.165, 1.54) is 12.5 Å². The molecule has 11 heteroatoms. The van der Waals surface area contributed by atoms with E-state index in [1.54, 1.807) is 25.6 Å². The Morgan fingerprint density at radius 2 is 2.02 bits per heavy atom. The fraction of sp³-hybridized carbons (Fsp3) is 0.639. The van der Waals surface area contributed by atoms with Crippen LogP contribution < -0.4 is 0 Å². The quantitative estimate of drug-likeness (QED) is 0.217. The van der Waals surface area contributed by atoms with Crippen molar-refractivity contribution in [3.05, 3.63) is 59.7 Å². The third kappa shape index (κ3) is 7.55. The van der Waals surface area contributed by atoms with Gasteiger partial charge in [0.05, 0.1) is 30.8 Å². The number of aliphatic hydroxyl groups is 2. The standard InChI is InChI=1S/C36H50N2O9/c1-21(2)28-11-8-22(3)29-15-24(14-27(40)10-9-26-17-38(6)20-37-26)35(5)12-13-36(43-7,47-35)25(16-30(28)29)18-44-34-33(46-23(4)39)32(42)31(41)19-45-34/h8-10,12-13,16-17,20-21,24,28-34,41-42H,11,14-15,18-19H2,1-7H3/b10-9+,25-16?/t24-,28+,29-,30+,31+,32+,33-,34+,35-,36+/m0/s1. The summed E-state index contributed by atoms with van der Waals surface area (Å²) in [6, 6.07) is 0. The predicted molar refractivity (Wildman–Crippen MR) is 173 cm³/mol. The summed E-state index contributed by atoms with van der Waals surface area (Å²) in [5, 5.41) is 20.8. The van der Waals surface area contributed by atoms with Crippen LogP contribution in [0.15, 0.2) is 54.1 Å². The second-order valence-electron chi connectivity index (χ2n) is 14.0. The van der Waals surface area contributed by atoms with Crippen molar-refractivity contribution >= 4 is 17.8 Å². The zero-order valence-electron chi connectivity index (χ0n) is 28.5. The van der Waals surface area contributed by atoms with Gasteiger partial charge in [0.25, 0.3) is 0 Å². The second-order valence-corrected chi connectivity index (χ2v) is 14.0. The summed E-state index contributed by atoms with van der Waals surface area (Å²) in [4.78, 5) is 29.7. The molecule has 0 radical (unpaired) electrons. The molecule has 0 saturated carbocycles. The summed E-state index contributed by atoms with van der Waals surface area (Å²) < 4.78 is 32.2. The average molecular weight is 655 g/mol. The van der Waals surface area contributed by atoms with Crippen LogP contribution in [0.5, 0.6) is 0 Å². The van der Waals surface area contributed by atoms with Gasteiger partial charge < -0.3 is 38.5 Å². The van der Waals surface area contributed by atoms with Gasteiger partial charge in [-0.15, -0.1) is 0 Å². The molecule has 1 aliphatic carbocycles. The number of fused-ring (bicyclic) bond motifs is 3. The van der Waals surface area contributed by atoms with Crippen molar-refractivity contribution in [2.45, 2.75) is 89.9 Å². The number of ketones is 1. The minimum atomic E-state index is -1.37. The number of aliphatic hydroxyl groups excluding tert-OH is 2. The Kier molecular flexibility index (Phi) is 10.7. The van der Waals surface area contributed by atoms with Crippen molar-refractivity contribution in [2.24, 2.45) is 36.6 Å². The molecular formula is C36H50N2O9. The van der Waals surface area contributed by atoms with Crippen molar-refractivity contribution in [1.29, 1.82) is 0 Å². The van der Waals surface area contributed by atoms with Gasteiger partial charge in [0.2, 0.25) is 5.79 Å². The highest BCUT2D eigenvalue weighted by molar-refractivity contribution is 5.93. The lowest BCUT2D eigenvalue weighted by molar-refractivity contribution is -0.276. The van der Waals surface area contributed by atoms with Crippen molar-refractivity contribution in [1.82, 2.24) is 9.55 Å². The molecule has 11 nitrogen and oxygen atoms in total. The van der Waals surface area contributed by atoms with E-state index in [9.17, 15) is 19.8 Å². The highest BCUT2D eigenvalue weighted by Gasteiger charge is 2.53. The molecule has 4 aliphatic rings. The van der Waals surface area contributed by atoms with Gasteiger partial charge in [-0.05, 0) is 74.5 Å². The molecule has 3 aliphatic heterocycles. The van der Waals surface area contributed by atoms with Crippen LogP contribution in [0.2, 0.25) is 0 Å². The molecule has 2 N–H and O–H groups in total. The van der Waals surface area contributed by atoms with Crippen LogP contribution >= 0.6 is 0 Å². The summed E-state index contributed by atoms with van der Waals surface area (Å²) in [5.74, 6) is -1.17. The molecular weight excluding hydrogens is 604 g/mol. The topological polar surface area (TPSA) is 139 Å². The van der Waals surface area contributed by atoms with E-state index in [4.69, 9.17) is 23.7 Å². The first-order chi connectivity index (χ1) is 22.2. The summed E-state index contributed by atoms with van der Waals surface area (Å²) in [7, 11) is 3.47. The molecule has 10 atom stereocenters. The fourth-order valence-electron chi connectivity index (χ4n) is 7.57. The lowest BCUT2D eigenvalue weighted by atomic mass is 9.63. The van der Waals surface area contributed by atoms with Gasteiger partial charge in [-0.1, -0.05) is 37.6 Å². The number of hydrogen-bond donors (Lipinski definition) is 2. The predicted octanol–water partition coefficient (Wildman–Crippen LogP) is 3.91. The maximum Gasteiger partial charge on any atom is 0.303 e. The largest absolute Gasteiger partial charge is 0.454 e. The molecule has 2 bridgehead atoms. The minimum Gasteiger partial charge on any atom is -0.454 e. The third-order valence-corrected chi connectivity index (χ3v) is 10.4. The number of methoxy groups -OCH3 is 1. The summed E-state index contributed by atoms with van der Waals surface area (Å²) in [6.45, 7) is 9.67. The molecule has 0 aromatic carbocycles. The van der Waals surface area contributed by atoms with Gasteiger partial charge in [-0.2, -0.15) is 0 Å². The van der Waals surface area contributed by atoms with E-state index >= 15 is 0 Å². The van der Waals surface area contributed by atoms with E-state index in [1.807, 2.05) is 36.9 Å². The van der Waals surface area contributed by atoms with Crippen molar-refractivity contribution in [3.8, 4) is 0 Å². The van der Waals surface area contributed by atoms with Crippen molar-refractivity contribution in [3.63, 3.8) is 0 Å². The van der Waals surface area contributed by atoms with Gasteiger partial charge in [0.15, 0.2) is 18.2 Å². The molecule has 47 heavy (non-hydrogen) atoms. The van der Waals surface area contributed by atoms with E-state index < -0.39 is 42.0 Å². The van der Waals surface area contributed by atoms with Crippen LogP contribution in [0, 0.1) is 29.6 Å². The first-order valence-electron chi connectivity index (χ1n) is 16.5. The van der Waals surface area contributed by atoms with Crippen LogP contribution in [0.3, 0.4) is 0 Å². The van der Waals surface area contributed by atoms with E-state index in [2.05, 4.69) is 37.9 Å². The molecule has 258 valence electrons. The summed E-state index contributed by atoms with van der Waals surface area (Å²) in [5.41, 5.74) is 1.87. The Morgan fingerprint density at radius 3 is 2.68 bits per heavy atom. The Balaban J connectivity index is 1.49. The van der Waals surface area contributed by atoms with Crippen LogP contribution in [-0.4, -0.2) is 87.8 Å². The SMILES string of the molecule is CO[C@]12C=C[C@](C)(O1)[C@@H](CC(=O)/C=C/c1cn(C)cn1)C[C@H]1C(C)=CC[C@H](C(C)C)[C@H]1C=C2CO[C@@H]1OC[C@@H](O)[C@@H](O)[C@@H]1OC(C)=O. The molecule has 0 spiro atoms. The maximum atomic E-state index is 13.5. The molecule has 5 rings (SSSR count). The zero-order valence-corrected chi connectivity index (χ0v) is 28.5. The van der Waals surface area contributed by atoms with E-state index in [-0.39, 0.29) is 43.2 Å². The van der Waals surface area contributed by atoms with E-state index in [0.29, 0.717) is 17.4 Å². The Labute approximate surface area is 277 Å².